The molecule has 0 saturated carbocycles. The minimum atomic E-state index is -0.485. The molecule has 2 aromatic heterocycles. The number of carbonyl (C=O) groups is 1. The highest BCUT2D eigenvalue weighted by Gasteiger charge is 2.13. The van der Waals surface area contributed by atoms with E-state index in [1.807, 2.05) is 35.7 Å². The van der Waals surface area contributed by atoms with Crippen molar-refractivity contribution < 1.29 is 9.53 Å². The van der Waals surface area contributed by atoms with Gasteiger partial charge in [0, 0.05) is 22.9 Å². The lowest BCUT2D eigenvalue weighted by atomic mass is 10.1. The largest absolute Gasteiger partial charge is 0.497 e. The predicted octanol–water partition coefficient (Wildman–Crippen LogP) is 3.35. The molecule has 140 valence electrons. The summed E-state index contributed by atoms with van der Waals surface area (Å²) >= 11 is 1.43. The number of nitrogens with two attached hydrogens (primary N) is 1. The monoisotopic (exact) mass is 391 g/mol. The average Bonchev–Trinajstić information content (AvgIpc) is 3.13. The SMILES string of the molecule is COc1ccc(-c2csc3nc(Cc4cccc(C(N)=O)c4)[nH]c(=O)c23)cc1. The molecule has 2 heterocycles. The fourth-order valence-electron chi connectivity index (χ4n) is 3.09. The second kappa shape index (κ2) is 7.28. The van der Waals surface area contributed by atoms with Gasteiger partial charge in [-0.25, -0.2) is 4.98 Å². The number of H-pyrrole nitrogens is 1. The van der Waals surface area contributed by atoms with Crippen LogP contribution in [0.25, 0.3) is 21.3 Å². The van der Waals surface area contributed by atoms with Crippen LogP contribution in [0.5, 0.6) is 5.75 Å². The Labute approximate surface area is 164 Å². The number of thiophene rings is 1. The van der Waals surface area contributed by atoms with E-state index >= 15 is 0 Å². The van der Waals surface area contributed by atoms with E-state index in [4.69, 9.17) is 10.5 Å². The maximum absolute atomic E-state index is 12.8. The number of methoxy groups -OCH3 is 1. The Balaban J connectivity index is 1.71. The molecular formula is C21H17N3O3S. The number of carbonyl (C=O) groups excluding carboxylic acids is 1. The number of benzene rings is 2. The van der Waals surface area contributed by atoms with Gasteiger partial charge >= 0.3 is 0 Å². The van der Waals surface area contributed by atoms with Gasteiger partial charge in [-0.1, -0.05) is 24.3 Å². The van der Waals surface area contributed by atoms with Crippen molar-refractivity contribution in [2.24, 2.45) is 5.73 Å². The molecule has 0 radical (unpaired) electrons. The third kappa shape index (κ3) is 3.39. The molecule has 28 heavy (non-hydrogen) atoms. The van der Waals surface area contributed by atoms with Gasteiger partial charge in [0.05, 0.1) is 12.5 Å². The lowest BCUT2D eigenvalue weighted by Crippen LogP contribution is -2.13. The van der Waals surface area contributed by atoms with Gasteiger partial charge in [0.25, 0.3) is 5.56 Å². The second-order valence-electron chi connectivity index (χ2n) is 6.31. The van der Waals surface area contributed by atoms with Crippen molar-refractivity contribution in [3.05, 3.63) is 81.2 Å². The summed E-state index contributed by atoms with van der Waals surface area (Å²) in [7, 11) is 1.62. The summed E-state index contributed by atoms with van der Waals surface area (Å²) < 4.78 is 5.19. The summed E-state index contributed by atoms with van der Waals surface area (Å²) in [5.41, 5.74) is 8.21. The number of hydrogen-bond acceptors (Lipinski definition) is 5. The molecule has 0 fully saturated rings. The number of ether oxygens (including phenoxy) is 1. The third-order valence-electron chi connectivity index (χ3n) is 4.48. The predicted molar refractivity (Wildman–Crippen MR) is 110 cm³/mol. The molecule has 0 aliphatic rings. The van der Waals surface area contributed by atoms with Gasteiger partial charge in [0.2, 0.25) is 5.91 Å². The molecular weight excluding hydrogens is 374 g/mol. The Morgan fingerprint density at radius 3 is 2.71 bits per heavy atom. The second-order valence-corrected chi connectivity index (χ2v) is 7.17. The summed E-state index contributed by atoms with van der Waals surface area (Å²) in [6.45, 7) is 0. The third-order valence-corrected chi connectivity index (χ3v) is 5.35. The van der Waals surface area contributed by atoms with Crippen molar-refractivity contribution in [2.75, 3.05) is 7.11 Å². The maximum Gasteiger partial charge on any atom is 0.260 e. The minimum absolute atomic E-state index is 0.182. The van der Waals surface area contributed by atoms with Crippen molar-refractivity contribution in [3.63, 3.8) is 0 Å². The minimum Gasteiger partial charge on any atom is -0.497 e. The Hall–Kier alpha value is -3.45. The summed E-state index contributed by atoms with van der Waals surface area (Å²) in [6, 6.07) is 14.6. The maximum atomic E-state index is 12.8. The lowest BCUT2D eigenvalue weighted by Gasteiger charge is -2.05. The van der Waals surface area contributed by atoms with Crippen molar-refractivity contribution in [3.8, 4) is 16.9 Å². The van der Waals surface area contributed by atoms with Crippen LogP contribution in [0.3, 0.4) is 0 Å². The summed E-state index contributed by atoms with van der Waals surface area (Å²) in [5.74, 6) is 0.819. The van der Waals surface area contributed by atoms with Crippen molar-refractivity contribution >= 4 is 27.5 Å². The van der Waals surface area contributed by atoms with E-state index in [9.17, 15) is 9.59 Å². The van der Waals surface area contributed by atoms with Gasteiger partial charge in [-0.3, -0.25) is 9.59 Å². The zero-order valence-corrected chi connectivity index (χ0v) is 15.9. The topological polar surface area (TPSA) is 98.1 Å². The highest BCUT2D eigenvalue weighted by atomic mass is 32.1. The van der Waals surface area contributed by atoms with Crippen LogP contribution in [0, 0.1) is 0 Å². The number of primary amides is 1. The van der Waals surface area contributed by atoms with E-state index in [0.29, 0.717) is 28.0 Å². The normalized spacial score (nSPS) is 10.9. The van der Waals surface area contributed by atoms with Crippen LogP contribution in [-0.4, -0.2) is 23.0 Å². The number of nitrogens with one attached hydrogen (secondary N) is 1. The summed E-state index contributed by atoms with van der Waals surface area (Å²) in [4.78, 5) is 32.3. The molecule has 0 aliphatic heterocycles. The number of amides is 1. The molecule has 6 nitrogen and oxygen atoms in total. The Kier molecular flexibility index (Phi) is 4.67. The van der Waals surface area contributed by atoms with E-state index < -0.39 is 5.91 Å². The molecule has 0 unspecified atom stereocenters. The van der Waals surface area contributed by atoms with Crippen LogP contribution in [0.15, 0.2) is 58.7 Å². The standard InChI is InChI=1S/C21H17N3O3S/c1-27-15-7-5-13(6-8-15)16-11-28-21-18(16)20(26)23-17(24-21)10-12-3-2-4-14(9-12)19(22)25/h2-9,11H,10H2,1H3,(H2,22,25)(H,23,24,26). The quantitative estimate of drug-likeness (QED) is 0.545. The molecule has 4 rings (SSSR count). The molecule has 4 aromatic rings. The first-order valence-electron chi connectivity index (χ1n) is 8.58. The zero-order valence-electron chi connectivity index (χ0n) is 15.1. The Morgan fingerprint density at radius 2 is 2.00 bits per heavy atom. The molecule has 0 spiro atoms. The van der Waals surface area contributed by atoms with Gasteiger partial charge in [-0.15, -0.1) is 11.3 Å². The van der Waals surface area contributed by atoms with Crippen LogP contribution in [0.4, 0.5) is 0 Å². The lowest BCUT2D eigenvalue weighted by molar-refractivity contribution is 0.1000. The molecule has 0 atom stereocenters. The number of aromatic amines is 1. The number of fused-ring (bicyclic) bond motifs is 1. The highest BCUT2D eigenvalue weighted by Crippen LogP contribution is 2.31. The van der Waals surface area contributed by atoms with Crippen LogP contribution in [0.1, 0.15) is 21.7 Å². The summed E-state index contributed by atoms with van der Waals surface area (Å²) in [6.07, 6.45) is 0.405. The van der Waals surface area contributed by atoms with Crippen LogP contribution >= 0.6 is 11.3 Å². The first kappa shape index (κ1) is 17.9. The fraction of sp³-hybridized carbons (Fsp3) is 0.0952. The fourth-order valence-corrected chi connectivity index (χ4v) is 4.05. The molecule has 0 saturated heterocycles. The number of aromatic nitrogens is 2. The van der Waals surface area contributed by atoms with E-state index in [2.05, 4.69) is 9.97 Å². The number of nitrogens with zero attached hydrogens (tertiary/aromatic N) is 1. The molecule has 3 N–H and O–H groups in total. The molecule has 1 amide bonds. The Morgan fingerprint density at radius 1 is 1.21 bits per heavy atom. The van der Waals surface area contributed by atoms with Gasteiger partial charge in [-0.05, 0) is 35.4 Å². The van der Waals surface area contributed by atoms with Crippen LogP contribution < -0.4 is 16.0 Å². The van der Waals surface area contributed by atoms with Gasteiger partial charge < -0.3 is 15.5 Å². The van der Waals surface area contributed by atoms with Gasteiger partial charge in [0.1, 0.15) is 16.4 Å². The smallest absolute Gasteiger partial charge is 0.260 e. The number of rotatable bonds is 5. The van der Waals surface area contributed by atoms with Gasteiger partial charge in [0.15, 0.2) is 0 Å². The van der Waals surface area contributed by atoms with Crippen molar-refractivity contribution in [2.45, 2.75) is 6.42 Å². The van der Waals surface area contributed by atoms with Gasteiger partial charge in [-0.2, -0.15) is 0 Å². The van der Waals surface area contributed by atoms with Crippen molar-refractivity contribution in [1.29, 1.82) is 0 Å². The average molecular weight is 391 g/mol. The van der Waals surface area contributed by atoms with Crippen molar-refractivity contribution in [1.82, 2.24) is 9.97 Å². The van der Waals surface area contributed by atoms with E-state index in [1.165, 1.54) is 11.3 Å². The first-order valence-corrected chi connectivity index (χ1v) is 9.46. The molecule has 0 aliphatic carbocycles. The van der Waals surface area contributed by atoms with E-state index in [-0.39, 0.29) is 5.56 Å². The van der Waals surface area contributed by atoms with Crippen LogP contribution in [0.2, 0.25) is 0 Å². The first-order chi connectivity index (χ1) is 13.5. The highest BCUT2D eigenvalue weighted by molar-refractivity contribution is 7.17. The molecule has 7 heteroatoms. The Bertz CT molecular complexity index is 1230. The zero-order chi connectivity index (χ0) is 19.7. The van der Waals surface area contributed by atoms with Crippen LogP contribution in [-0.2, 0) is 6.42 Å². The van der Waals surface area contributed by atoms with E-state index in [1.54, 1.807) is 25.3 Å². The number of hydrogen-bond donors (Lipinski definition) is 2. The summed E-state index contributed by atoms with van der Waals surface area (Å²) in [5, 5.41) is 2.51. The molecule has 2 aromatic carbocycles. The molecule has 0 bridgehead atoms. The van der Waals surface area contributed by atoms with E-state index in [0.717, 1.165) is 22.4 Å².